The first-order valence-electron chi connectivity index (χ1n) is 1.97. The first-order valence-corrected chi connectivity index (χ1v) is 1.97. The average Bonchev–Trinajstić information content (AvgIpc) is 1.27. The van der Waals surface area contributed by atoms with Crippen LogP contribution in [0.2, 0.25) is 0 Å². The van der Waals surface area contributed by atoms with Crippen LogP contribution in [0.5, 0.6) is 0 Å². The second-order valence-electron chi connectivity index (χ2n) is 1.42. The monoisotopic (exact) mass is 122 g/mol. The van der Waals surface area contributed by atoms with Crippen molar-refractivity contribution in [1.29, 1.82) is 0 Å². The molecule has 0 spiro atoms. The Balaban J connectivity index is 0. The maximum Gasteiger partial charge on any atom is 1.00 e. The Morgan fingerprint density at radius 2 is 2.12 bits per heavy atom. The molecule has 0 aromatic rings. The van der Waals surface area contributed by atoms with Gasteiger partial charge in [-0.25, -0.2) is 0 Å². The summed E-state index contributed by atoms with van der Waals surface area (Å²) in [7, 11) is 0. The van der Waals surface area contributed by atoms with E-state index in [-0.39, 0.29) is 47.5 Å². The fraction of sp³-hybridized carbons (Fsp3) is 0.400. The van der Waals surface area contributed by atoms with E-state index in [2.05, 4.69) is 6.58 Å². The van der Waals surface area contributed by atoms with Crippen molar-refractivity contribution in [1.82, 2.24) is 0 Å². The van der Waals surface area contributed by atoms with Crippen LogP contribution in [0.1, 0.15) is 13.3 Å². The maximum atomic E-state index is 9.99. The van der Waals surface area contributed by atoms with E-state index in [0.717, 1.165) is 0 Å². The van der Waals surface area contributed by atoms with Crippen molar-refractivity contribution in [2.45, 2.75) is 13.3 Å². The molecule has 0 aliphatic heterocycles. The van der Waals surface area contributed by atoms with Crippen LogP contribution in [0.25, 0.3) is 0 Å². The van der Waals surface area contributed by atoms with Gasteiger partial charge in [0, 0.05) is 6.42 Å². The van der Waals surface area contributed by atoms with E-state index in [9.17, 15) is 9.90 Å². The number of rotatable bonds is 2. The third kappa shape index (κ3) is 9.51. The van der Waals surface area contributed by atoms with Gasteiger partial charge in [0.15, 0.2) is 0 Å². The molecular weight excluding hydrogens is 115 g/mol. The van der Waals surface area contributed by atoms with Gasteiger partial charge in [0.1, 0.15) is 5.78 Å². The van der Waals surface area contributed by atoms with Crippen LogP contribution >= 0.6 is 0 Å². The van der Waals surface area contributed by atoms with Crippen molar-refractivity contribution >= 4 is 5.78 Å². The zero-order valence-corrected chi connectivity index (χ0v) is 7.23. The summed E-state index contributed by atoms with van der Waals surface area (Å²) in [4.78, 5) is 9.99. The molecule has 0 saturated heterocycles. The molecule has 0 N–H and O–H groups in total. The Bertz CT molecular complexity index is 86.6. The van der Waals surface area contributed by atoms with Crippen molar-refractivity contribution in [3.05, 3.63) is 12.3 Å². The van der Waals surface area contributed by atoms with E-state index in [1.165, 1.54) is 6.92 Å². The van der Waals surface area contributed by atoms with Gasteiger partial charge < -0.3 is 5.11 Å². The predicted molar refractivity (Wildman–Crippen MR) is 24.4 cm³/mol. The van der Waals surface area contributed by atoms with Crippen molar-refractivity contribution in [2.75, 3.05) is 0 Å². The predicted octanol–water partition coefficient (Wildman–Crippen LogP) is -3.16. The topological polar surface area (TPSA) is 40.1 Å². The van der Waals surface area contributed by atoms with Crippen LogP contribution < -0.4 is 34.7 Å². The minimum Gasteiger partial charge on any atom is -0.876 e. The van der Waals surface area contributed by atoms with Gasteiger partial charge in [0.05, 0.1) is 0 Å². The van der Waals surface area contributed by atoms with Gasteiger partial charge >= 0.3 is 29.6 Å². The summed E-state index contributed by atoms with van der Waals surface area (Å²) in [6, 6.07) is 0. The van der Waals surface area contributed by atoms with Crippen LogP contribution in [0.15, 0.2) is 12.3 Å². The molecule has 0 bridgehead atoms. The van der Waals surface area contributed by atoms with Crippen molar-refractivity contribution < 1.29 is 39.5 Å². The number of Topliss-reactive ketones (excluding diaryl/α,β-unsaturated/α-hetero) is 1. The fourth-order valence-electron chi connectivity index (χ4n) is 0.278. The van der Waals surface area contributed by atoms with Gasteiger partial charge in [0.25, 0.3) is 0 Å². The SMILES string of the molecule is C=C([O-])CC(C)=O.[Na+]. The number of hydrogen-bond acceptors (Lipinski definition) is 2. The normalized spacial score (nSPS) is 7.12. The van der Waals surface area contributed by atoms with Gasteiger partial charge in [-0.15, -0.1) is 12.3 Å². The van der Waals surface area contributed by atoms with Gasteiger partial charge in [-0.3, -0.25) is 4.79 Å². The molecule has 0 aromatic heterocycles. The number of carbonyl (C=O) groups excluding carboxylic acids is 1. The quantitative estimate of drug-likeness (QED) is 0.286. The van der Waals surface area contributed by atoms with Crippen LogP contribution in [0.3, 0.4) is 0 Å². The summed E-state index contributed by atoms with van der Waals surface area (Å²) < 4.78 is 0. The minimum atomic E-state index is -0.312. The first kappa shape index (κ1) is 11.1. The standard InChI is InChI=1S/C5H8O2.Na/c1-4(6)3-5(2)7;/h6H,1,3H2,2H3;/q;+1/p-1. The summed E-state index contributed by atoms with van der Waals surface area (Å²) >= 11 is 0. The van der Waals surface area contributed by atoms with Gasteiger partial charge in [0.2, 0.25) is 0 Å². The summed E-state index contributed by atoms with van der Waals surface area (Å²) in [6.07, 6.45) is -0.0278. The second-order valence-corrected chi connectivity index (χ2v) is 1.42. The molecule has 0 atom stereocenters. The Hall–Kier alpha value is 0.210. The van der Waals surface area contributed by atoms with E-state index < -0.39 is 0 Å². The summed E-state index contributed by atoms with van der Waals surface area (Å²) in [5, 5.41) is 9.92. The molecule has 0 amide bonds. The van der Waals surface area contributed by atoms with Crippen molar-refractivity contribution in [3.63, 3.8) is 0 Å². The molecule has 0 saturated carbocycles. The molecule has 0 aromatic carbocycles. The number of hydrogen-bond donors (Lipinski definition) is 0. The molecule has 0 unspecified atom stereocenters. The van der Waals surface area contributed by atoms with E-state index in [0.29, 0.717) is 0 Å². The molecule has 0 rings (SSSR count). The second kappa shape index (κ2) is 5.35. The van der Waals surface area contributed by atoms with E-state index in [4.69, 9.17) is 0 Å². The largest absolute Gasteiger partial charge is 1.00 e. The molecule has 0 fully saturated rings. The third-order valence-corrected chi connectivity index (χ3v) is 0.446. The molecular formula is C5H7NaO2. The molecule has 3 heteroatoms. The van der Waals surface area contributed by atoms with Crippen molar-refractivity contribution in [3.8, 4) is 0 Å². The van der Waals surface area contributed by atoms with Crippen LogP contribution in [-0.2, 0) is 4.79 Å². The van der Waals surface area contributed by atoms with Crippen molar-refractivity contribution in [2.24, 2.45) is 0 Å². The Labute approximate surface area is 70.9 Å². The number of ketones is 1. The molecule has 2 nitrogen and oxygen atoms in total. The molecule has 40 valence electrons. The van der Waals surface area contributed by atoms with Gasteiger partial charge in [-0.05, 0) is 6.92 Å². The zero-order chi connectivity index (χ0) is 5.86. The zero-order valence-electron chi connectivity index (χ0n) is 5.23. The molecule has 0 aliphatic carbocycles. The van der Waals surface area contributed by atoms with E-state index in [1.807, 2.05) is 0 Å². The molecule has 8 heavy (non-hydrogen) atoms. The summed E-state index contributed by atoms with van der Waals surface area (Å²) in [5.74, 6) is -0.437. The summed E-state index contributed by atoms with van der Waals surface area (Å²) in [5.41, 5.74) is 0. The fourth-order valence-corrected chi connectivity index (χ4v) is 0.278. The Kier molecular flexibility index (Phi) is 7.40. The Morgan fingerprint density at radius 1 is 1.75 bits per heavy atom. The number of allylic oxidation sites excluding steroid dienone is 1. The first-order chi connectivity index (χ1) is 3.13. The van der Waals surface area contributed by atoms with E-state index >= 15 is 0 Å². The van der Waals surface area contributed by atoms with Gasteiger partial charge in [-0.2, -0.15) is 0 Å². The minimum absolute atomic E-state index is 0. The smallest absolute Gasteiger partial charge is 0.876 e. The number of carbonyl (C=O) groups is 1. The third-order valence-electron chi connectivity index (χ3n) is 0.446. The summed E-state index contributed by atoms with van der Waals surface area (Å²) in [6.45, 7) is 4.38. The Morgan fingerprint density at radius 3 is 2.12 bits per heavy atom. The van der Waals surface area contributed by atoms with Crippen LogP contribution in [-0.4, -0.2) is 5.78 Å². The van der Waals surface area contributed by atoms with E-state index in [1.54, 1.807) is 0 Å². The van der Waals surface area contributed by atoms with Crippen LogP contribution in [0, 0.1) is 0 Å². The molecule has 0 radical (unpaired) electrons. The molecule has 0 heterocycles. The van der Waals surface area contributed by atoms with Gasteiger partial charge in [-0.1, -0.05) is 0 Å². The average molecular weight is 122 g/mol. The molecule has 0 aliphatic rings. The van der Waals surface area contributed by atoms with Crippen LogP contribution in [0.4, 0.5) is 0 Å². The maximum absolute atomic E-state index is 9.99.